The highest BCUT2D eigenvalue weighted by Crippen LogP contribution is 2.32. The molecule has 1 N–H and O–H groups in total. The summed E-state index contributed by atoms with van der Waals surface area (Å²) in [6.07, 6.45) is 1.34. The summed E-state index contributed by atoms with van der Waals surface area (Å²) in [7, 11) is -3.24. The Morgan fingerprint density at radius 3 is 2.78 bits per heavy atom. The quantitative estimate of drug-likeness (QED) is 0.856. The van der Waals surface area contributed by atoms with Crippen molar-refractivity contribution in [2.75, 3.05) is 25.4 Å². The van der Waals surface area contributed by atoms with Crippen molar-refractivity contribution in [2.45, 2.75) is 24.5 Å². The molecule has 3 rings (SSSR count). The molecule has 2 aliphatic rings. The summed E-state index contributed by atoms with van der Waals surface area (Å²) in [5.74, 6) is -0.286. The van der Waals surface area contributed by atoms with Crippen molar-refractivity contribution >= 4 is 33.0 Å². The minimum atomic E-state index is -3.24. The molecule has 0 radical (unpaired) electrons. The zero-order valence-electron chi connectivity index (χ0n) is 12.7. The summed E-state index contributed by atoms with van der Waals surface area (Å²) in [5, 5.41) is 4.08. The maximum absolute atomic E-state index is 12.6. The van der Waals surface area contributed by atoms with E-state index in [4.69, 9.17) is 0 Å². The Morgan fingerprint density at radius 1 is 1.30 bits per heavy atom. The van der Waals surface area contributed by atoms with Crippen LogP contribution in [-0.2, 0) is 19.4 Å². The Hall–Kier alpha value is -1.41. The fraction of sp³-hybridized carbons (Fsp3) is 0.600. The number of piperidine rings is 1. The zero-order chi connectivity index (χ0) is 16.4. The van der Waals surface area contributed by atoms with E-state index in [2.05, 4.69) is 5.32 Å². The molecule has 1 aromatic rings. The summed E-state index contributed by atoms with van der Waals surface area (Å²) in [6, 6.07) is 3.70. The zero-order valence-corrected chi connectivity index (χ0v) is 14.4. The molecule has 2 atom stereocenters. The number of carbonyl (C=O) groups is 2. The summed E-state index contributed by atoms with van der Waals surface area (Å²) < 4.78 is 25.0. The van der Waals surface area contributed by atoms with Crippen LogP contribution in [0.25, 0.3) is 0 Å². The number of thiophene rings is 1. The molecule has 2 aliphatic heterocycles. The van der Waals surface area contributed by atoms with Crippen LogP contribution in [0.15, 0.2) is 17.5 Å². The van der Waals surface area contributed by atoms with Crippen LogP contribution in [0, 0.1) is 5.92 Å². The van der Waals surface area contributed by atoms with Crippen LogP contribution in [0.2, 0.25) is 0 Å². The summed E-state index contributed by atoms with van der Waals surface area (Å²) in [5.41, 5.74) is 0. The van der Waals surface area contributed by atoms with Gasteiger partial charge < -0.3 is 10.2 Å². The molecule has 0 spiro atoms. The van der Waals surface area contributed by atoms with Gasteiger partial charge in [-0.3, -0.25) is 9.59 Å². The van der Waals surface area contributed by atoms with Crippen molar-refractivity contribution < 1.29 is 18.0 Å². The molecule has 0 aromatic carbocycles. The van der Waals surface area contributed by atoms with Crippen LogP contribution in [-0.4, -0.2) is 50.5 Å². The van der Waals surface area contributed by atoms with E-state index in [1.807, 2.05) is 17.5 Å². The van der Waals surface area contributed by atoms with Crippen LogP contribution >= 0.6 is 11.3 Å². The molecule has 0 bridgehead atoms. The van der Waals surface area contributed by atoms with Crippen molar-refractivity contribution in [3.63, 3.8) is 0 Å². The van der Waals surface area contributed by atoms with Crippen LogP contribution in [0.3, 0.4) is 0 Å². The Bertz CT molecular complexity index is 674. The molecule has 2 amide bonds. The van der Waals surface area contributed by atoms with E-state index in [9.17, 15) is 18.0 Å². The second-order valence-electron chi connectivity index (χ2n) is 6.02. The highest BCUT2D eigenvalue weighted by molar-refractivity contribution is 7.91. The van der Waals surface area contributed by atoms with E-state index >= 15 is 0 Å². The summed E-state index contributed by atoms with van der Waals surface area (Å²) in [4.78, 5) is 26.3. The number of sulfone groups is 1. The number of nitrogens with one attached hydrogen (secondary N) is 1. The lowest BCUT2D eigenvalue weighted by Crippen LogP contribution is -2.45. The van der Waals surface area contributed by atoms with E-state index in [1.54, 1.807) is 4.90 Å². The number of hydrogen-bond donors (Lipinski definition) is 1. The first-order chi connectivity index (χ1) is 11.0. The first-order valence-electron chi connectivity index (χ1n) is 7.78. The van der Waals surface area contributed by atoms with Crippen LogP contribution in [0.4, 0.5) is 0 Å². The fourth-order valence-electron chi connectivity index (χ4n) is 3.16. The first kappa shape index (κ1) is 16.4. The van der Waals surface area contributed by atoms with Crippen molar-refractivity contribution in [2.24, 2.45) is 5.92 Å². The minimum Gasteiger partial charge on any atom is -0.355 e. The average Bonchev–Trinajstić information content (AvgIpc) is 2.99. The Balaban J connectivity index is 1.70. The second kappa shape index (κ2) is 6.60. The van der Waals surface area contributed by atoms with Crippen molar-refractivity contribution in [3.8, 4) is 0 Å². The molecule has 8 heteroatoms. The van der Waals surface area contributed by atoms with E-state index in [0.29, 0.717) is 32.4 Å². The van der Waals surface area contributed by atoms with Gasteiger partial charge in [0.2, 0.25) is 11.8 Å². The van der Waals surface area contributed by atoms with Crippen LogP contribution < -0.4 is 5.32 Å². The monoisotopic (exact) mass is 356 g/mol. The highest BCUT2D eigenvalue weighted by atomic mass is 32.2. The summed E-state index contributed by atoms with van der Waals surface area (Å²) in [6.45, 7) is 1.05. The Labute approximate surface area is 139 Å². The molecule has 1 aromatic heterocycles. The predicted octanol–water partition coefficient (Wildman–Crippen LogP) is 0.963. The first-order valence-corrected chi connectivity index (χ1v) is 10.4. The van der Waals surface area contributed by atoms with Crippen LogP contribution in [0.5, 0.6) is 0 Å². The molecular formula is C15H20N2O4S2. The highest BCUT2D eigenvalue weighted by Gasteiger charge is 2.35. The largest absolute Gasteiger partial charge is 0.355 e. The summed E-state index contributed by atoms with van der Waals surface area (Å²) >= 11 is 1.45. The topological polar surface area (TPSA) is 83.6 Å². The lowest BCUT2D eigenvalue weighted by molar-refractivity contribution is -0.137. The smallest absolute Gasteiger partial charge is 0.227 e. The molecule has 6 nitrogen and oxygen atoms in total. The third kappa shape index (κ3) is 3.58. The van der Waals surface area contributed by atoms with Crippen molar-refractivity contribution in [1.82, 2.24) is 10.2 Å². The molecule has 0 aliphatic carbocycles. The third-order valence-corrected chi connectivity index (χ3v) is 7.77. The lowest BCUT2D eigenvalue weighted by Gasteiger charge is -2.28. The normalized spacial score (nSPS) is 28.0. The fourth-order valence-corrected chi connectivity index (χ4v) is 6.16. The molecule has 2 saturated heterocycles. The van der Waals surface area contributed by atoms with Crippen molar-refractivity contribution in [3.05, 3.63) is 22.4 Å². The number of carbonyl (C=O) groups excluding carboxylic acids is 2. The minimum absolute atomic E-state index is 0.000383. The van der Waals surface area contributed by atoms with Gasteiger partial charge in [0, 0.05) is 30.9 Å². The molecule has 3 heterocycles. The van der Waals surface area contributed by atoms with Gasteiger partial charge in [-0.1, -0.05) is 6.07 Å². The number of rotatable bonds is 2. The average molecular weight is 356 g/mol. The van der Waals surface area contributed by atoms with Gasteiger partial charge in [-0.25, -0.2) is 8.42 Å². The molecule has 23 heavy (non-hydrogen) atoms. The van der Waals surface area contributed by atoms with Crippen LogP contribution in [0.1, 0.15) is 29.4 Å². The molecule has 2 fully saturated rings. The molecule has 126 valence electrons. The van der Waals surface area contributed by atoms with Gasteiger partial charge in [-0.05, 0) is 24.3 Å². The molecular weight excluding hydrogens is 336 g/mol. The SMILES string of the molecule is O=C1CCC(C(=O)N2CCC(c3cccs3)S(=O)(=O)CC2)CN1. The maximum Gasteiger partial charge on any atom is 0.227 e. The maximum atomic E-state index is 12.6. The predicted molar refractivity (Wildman–Crippen MR) is 87.8 cm³/mol. The van der Waals surface area contributed by atoms with Gasteiger partial charge in [0.25, 0.3) is 0 Å². The van der Waals surface area contributed by atoms with E-state index in [-0.39, 0.29) is 30.0 Å². The standard InChI is InChI=1S/C15H20N2O4S2/c18-14-4-3-11(10-16-14)15(19)17-6-5-13(12-2-1-8-22-12)23(20,21)9-7-17/h1-2,8,11,13H,3-7,9-10H2,(H,16,18). The van der Waals surface area contributed by atoms with Gasteiger partial charge >= 0.3 is 0 Å². The van der Waals surface area contributed by atoms with Gasteiger partial charge in [-0.2, -0.15) is 0 Å². The Morgan fingerprint density at radius 2 is 2.13 bits per heavy atom. The molecule has 0 saturated carbocycles. The van der Waals surface area contributed by atoms with E-state index < -0.39 is 15.1 Å². The lowest BCUT2D eigenvalue weighted by atomic mass is 9.97. The van der Waals surface area contributed by atoms with E-state index in [1.165, 1.54) is 11.3 Å². The number of amides is 2. The third-order valence-electron chi connectivity index (χ3n) is 4.53. The second-order valence-corrected chi connectivity index (χ2v) is 9.31. The van der Waals surface area contributed by atoms with Gasteiger partial charge in [-0.15, -0.1) is 11.3 Å². The number of hydrogen-bond acceptors (Lipinski definition) is 5. The Kier molecular flexibility index (Phi) is 4.72. The van der Waals surface area contributed by atoms with Gasteiger partial charge in [0.05, 0.1) is 16.9 Å². The van der Waals surface area contributed by atoms with E-state index in [0.717, 1.165) is 4.88 Å². The van der Waals surface area contributed by atoms with Crippen molar-refractivity contribution in [1.29, 1.82) is 0 Å². The number of nitrogens with zero attached hydrogens (tertiary/aromatic N) is 1. The van der Waals surface area contributed by atoms with Gasteiger partial charge in [0.1, 0.15) is 0 Å². The van der Waals surface area contributed by atoms with Gasteiger partial charge in [0.15, 0.2) is 9.84 Å². The molecule has 2 unspecified atom stereocenters.